The summed E-state index contributed by atoms with van der Waals surface area (Å²) in [6.45, 7) is 1.81. The minimum atomic E-state index is -0.513. The van der Waals surface area contributed by atoms with Crippen LogP contribution in [0.25, 0.3) is 11.0 Å². The third kappa shape index (κ3) is 3.00. The van der Waals surface area contributed by atoms with Crippen molar-refractivity contribution in [2.75, 3.05) is 18.2 Å². The number of carbonyl (C=O) groups excluding carboxylic acids is 1. The van der Waals surface area contributed by atoms with Crippen LogP contribution in [0.5, 0.6) is 5.75 Å². The standard InChI is InChI=1S/C19H21N5O4/c1-5-12-13(17(25)21-10-6-8-11(28-4)9-7-10)15(20)22-16-14(12)18(26)24(3)19(27)23(16)2/h6-9H,5H2,1-4H3,(H2,20,22)(H,21,25). The number of pyridine rings is 1. The van der Waals surface area contributed by atoms with Crippen molar-refractivity contribution in [3.8, 4) is 5.75 Å². The van der Waals surface area contributed by atoms with Gasteiger partial charge in [-0.25, -0.2) is 9.78 Å². The van der Waals surface area contributed by atoms with Gasteiger partial charge in [0.1, 0.15) is 11.6 Å². The number of nitrogens with two attached hydrogens (primary N) is 1. The molecule has 3 N–H and O–H groups in total. The Balaban J connectivity index is 2.20. The highest BCUT2D eigenvalue weighted by Crippen LogP contribution is 2.24. The third-order valence-corrected chi connectivity index (χ3v) is 4.65. The predicted molar refractivity (Wildman–Crippen MR) is 107 cm³/mol. The van der Waals surface area contributed by atoms with Gasteiger partial charge in [-0.3, -0.25) is 18.7 Å². The molecule has 28 heavy (non-hydrogen) atoms. The molecule has 0 unspecified atom stereocenters. The van der Waals surface area contributed by atoms with Gasteiger partial charge in [0.05, 0.1) is 18.1 Å². The fraction of sp³-hybridized carbons (Fsp3) is 0.263. The molecule has 0 aliphatic heterocycles. The van der Waals surface area contributed by atoms with Gasteiger partial charge in [-0.2, -0.15) is 0 Å². The van der Waals surface area contributed by atoms with E-state index in [1.54, 1.807) is 31.4 Å². The van der Waals surface area contributed by atoms with Crippen LogP contribution >= 0.6 is 0 Å². The Kier molecular flexibility index (Phi) is 4.91. The van der Waals surface area contributed by atoms with E-state index in [-0.39, 0.29) is 22.4 Å². The molecule has 2 heterocycles. The van der Waals surface area contributed by atoms with Gasteiger partial charge in [0.15, 0.2) is 5.65 Å². The van der Waals surface area contributed by atoms with Crippen molar-refractivity contribution in [3.63, 3.8) is 0 Å². The summed E-state index contributed by atoms with van der Waals surface area (Å²) in [6, 6.07) is 6.80. The van der Waals surface area contributed by atoms with Gasteiger partial charge >= 0.3 is 5.69 Å². The van der Waals surface area contributed by atoms with Crippen molar-refractivity contribution in [2.24, 2.45) is 14.1 Å². The second-order valence-corrected chi connectivity index (χ2v) is 6.29. The summed E-state index contributed by atoms with van der Waals surface area (Å²) < 4.78 is 7.34. The SMILES string of the molecule is CCc1c(C(=O)Nc2ccc(OC)cc2)c(N)nc2c1c(=O)n(C)c(=O)n2C. The van der Waals surface area contributed by atoms with Crippen LogP contribution in [-0.2, 0) is 20.5 Å². The first kappa shape index (κ1) is 19.2. The summed E-state index contributed by atoms with van der Waals surface area (Å²) in [6.07, 6.45) is 0.363. The molecule has 9 nitrogen and oxygen atoms in total. The van der Waals surface area contributed by atoms with Gasteiger partial charge in [0, 0.05) is 19.8 Å². The van der Waals surface area contributed by atoms with Crippen LogP contribution < -0.4 is 27.0 Å². The quantitative estimate of drug-likeness (QED) is 0.694. The molecule has 3 rings (SSSR count). The molecule has 0 atom stereocenters. The van der Waals surface area contributed by atoms with Crippen LogP contribution in [0.2, 0.25) is 0 Å². The third-order valence-electron chi connectivity index (χ3n) is 4.65. The highest BCUT2D eigenvalue weighted by Gasteiger charge is 2.23. The lowest BCUT2D eigenvalue weighted by atomic mass is 10.0. The van der Waals surface area contributed by atoms with E-state index in [4.69, 9.17) is 10.5 Å². The zero-order chi connectivity index (χ0) is 20.6. The van der Waals surface area contributed by atoms with E-state index in [9.17, 15) is 14.4 Å². The molecule has 2 aromatic heterocycles. The van der Waals surface area contributed by atoms with E-state index in [1.807, 2.05) is 6.92 Å². The average Bonchev–Trinajstić information content (AvgIpc) is 2.70. The van der Waals surface area contributed by atoms with Gasteiger partial charge in [-0.05, 0) is 36.2 Å². The van der Waals surface area contributed by atoms with E-state index in [2.05, 4.69) is 10.3 Å². The number of nitrogens with zero attached hydrogens (tertiary/aromatic N) is 3. The highest BCUT2D eigenvalue weighted by atomic mass is 16.5. The number of ether oxygens (including phenoxy) is 1. The van der Waals surface area contributed by atoms with Gasteiger partial charge in [0.2, 0.25) is 0 Å². The Morgan fingerprint density at radius 2 is 1.82 bits per heavy atom. The fourth-order valence-electron chi connectivity index (χ4n) is 3.15. The number of nitrogen functional groups attached to an aromatic ring is 1. The molecule has 1 aromatic carbocycles. The molecule has 9 heteroatoms. The Hall–Kier alpha value is -3.62. The molecule has 0 bridgehead atoms. The fourth-order valence-corrected chi connectivity index (χ4v) is 3.15. The summed E-state index contributed by atoms with van der Waals surface area (Å²) in [7, 11) is 4.44. The first-order valence-corrected chi connectivity index (χ1v) is 8.63. The van der Waals surface area contributed by atoms with Gasteiger partial charge in [-0.1, -0.05) is 6.92 Å². The number of amides is 1. The molecule has 1 amide bonds. The second kappa shape index (κ2) is 7.18. The van der Waals surface area contributed by atoms with Crippen LogP contribution in [0, 0.1) is 0 Å². The maximum absolute atomic E-state index is 12.9. The van der Waals surface area contributed by atoms with Crippen molar-refractivity contribution < 1.29 is 9.53 Å². The molecule has 0 spiro atoms. The van der Waals surface area contributed by atoms with E-state index in [1.165, 1.54) is 18.7 Å². The normalized spacial score (nSPS) is 10.9. The summed E-state index contributed by atoms with van der Waals surface area (Å²) in [4.78, 5) is 42.0. The molecule has 146 valence electrons. The average molecular weight is 383 g/mol. The molecule has 0 saturated carbocycles. The summed E-state index contributed by atoms with van der Waals surface area (Å²) in [5.74, 6) is 0.131. The maximum Gasteiger partial charge on any atom is 0.332 e. The van der Waals surface area contributed by atoms with Crippen LogP contribution in [-0.4, -0.2) is 27.1 Å². The summed E-state index contributed by atoms with van der Waals surface area (Å²) >= 11 is 0. The van der Waals surface area contributed by atoms with Crippen LogP contribution in [0.1, 0.15) is 22.8 Å². The van der Waals surface area contributed by atoms with Crippen molar-refractivity contribution in [2.45, 2.75) is 13.3 Å². The first-order valence-electron chi connectivity index (χ1n) is 8.63. The number of nitrogens with one attached hydrogen (secondary N) is 1. The van der Waals surface area contributed by atoms with Crippen LogP contribution in [0.15, 0.2) is 33.9 Å². The van der Waals surface area contributed by atoms with Crippen molar-refractivity contribution >= 4 is 28.4 Å². The number of aryl methyl sites for hydroxylation is 2. The number of carbonyl (C=O) groups is 1. The van der Waals surface area contributed by atoms with E-state index >= 15 is 0 Å². The van der Waals surface area contributed by atoms with Crippen LogP contribution in [0.3, 0.4) is 0 Å². The second-order valence-electron chi connectivity index (χ2n) is 6.29. The molecule has 0 aliphatic rings. The minimum Gasteiger partial charge on any atom is -0.497 e. The molecule has 0 fully saturated rings. The number of hydrogen-bond donors (Lipinski definition) is 2. The maximum atomic E-state index is 12.9. The molecule has 3 aromatic rings. The van der Waals surface area contributed by atoms with Crippen molar-refractivity contribution in [1.29, 1.82) is 0 Å². The molecular weight excluding hydrogens is 362 g/mol. The summed E-state index contributed by atoms with van der Waals surface area (Å²) in [5.41, 5.74) is 6.30. The largest absolute Gasteiger partial charge is 0.497 e. The zero-order valence-electron chi connectivity index (χ0n) is 16.1. The smallest absolute Gasteiger partial charge is 0.332 e. The molecular formula is C19H21N5O4. The number of rotatable bonds is 4. The van der Waals surface area contributed by atoms with Gasteiger partial charge < -0.3 is 15.8 Å². The zero-order valence-corrected chi connectivity index (χ0v) is 16.1. The molecule has 0 radical (unpaired) electrons. The monoisotopic (exact) mass is 383 g/mol. The van der Waals surface area contributed by atoms with Gasteiger partial charge in [-0.15, -0.1) is 0 Å². The van der Waals surface area contributed by atoms with Crippen LogP contribution in [0.4, 0.5) is 11.5 Å². The molecule has 0 aliphatic carbocycles. The van der Waals surface area contributed by atoms with E-state index in [0.717, 1.165) is 4.57 Å². The number of anilines is 2. The Labute approximate surface area is 160 Å². The lowest BCUT2D eigenvalue weighted by molar-refractivity contribution is 0.102. The Morgan fingerprint density at radius 3 is 2.39 bits per heavy atom. The molecule has 0 saturated heterocycles. The van der Waals surface area contributed by atoms with E-state index < -0.39 is 17.2 Å². The number of methoxy groups -OCH3 is 1. The topological polar surface area (TPSA) is 121 Å². The minimum absolute atomic E-state index is 0.0429. The Bertz CT molecular complexity index is 1190. The first-order chi connectivity index (χ1) is 13.3. The number of benzene rings is 1. The van der Waals surface area contributed by atoms with Crippen molar-refractivity contribution in [1.82, 2.24) is 14.1 Å². The number of fused-ring (bicyclic) bond motifs is 1. The lowest BCUT2D eigenvalue weighted by Gasteiger charge is -2.16. The predicted octanol–water partition coefficient (Wildman–Crippen LogP) is 1.04. The van der Waals surface area contributed by atoms with Crippen molar-refractivity contribution in [3.05, 3.63) is 56.2 Å². The highest BCUT2D eigenvalue weighted by molar-refractivity contribution is 6.10. The van der Waals surface area contributed by atoms with Gasteiger partial charge in [0.25, 0.3) is 11.5 Å². The summed E-state index contributed by atoms with van der Waals surface area (Å²) in [5, 5.41) is 2.97. The Morgan fingerprint density at radius 1 is 1.18 bits per heavy atom. The van der Waals surface area contributed by atoms with E-state index in [0.29, 0.717) is 23.4 Å². The lowest BCUT2D eigenvalue weighted by Crippen LogP contribution is -2.38. The number of aromatic nitrogens is 3. The number of hydrogen-bond acceptors (Lipinski definition) is 6.